The predicted molar refractivity (Wildman–Crippen MR) is 51.9 cm³/mol. The molecule has 0 spiro atoms. The van der Waals surface area contributed by atoms with Crippen molar-refractivity contribution in [3.8, 4) is 0 Å². The summed E-state index contributed by atoms with van der Waals surface area (Å²) >= 11 is 4.09. The Kier molecular flexibility index (Phi) is 1.69. The second kappa shape index (κ2) is 2.74. The van der Waals surface area contributed by atoms with E-state index < -0.39 is 0 Å². The van der Waals surface area contributed by atoms with Gasteiger partial charge in [-0.2, -0.15) is 4.57 Å². The Hall–Kier alpha value is -0.0200. The van der Waals surface area contributed by atoms with Crippen molar-refractivity contribution in [1.82, 2.24) is 0 Å². The molecule has 64 valence electrons. The topological polar surface area (TPSA) is 3.88 Å². The van der Waals surface area contributed by atoms with E-state index in [2.05, 4.69) is 15.9 Å². The number of thioether (sulfide) groups is 1. The maximum absolute atomic E-state index is 2.56. The summed E-state index contributed by atoms with van der Waals surface area (Å²) in [5, 5.41) is 0. The largest absolute Gasteiger partial charge is 0.298 e. The summed E-state index contributed by atoms with van der Waals surface area (Å²) in [5.41, 5.74) is 1.67. The molecule has 0 aromatic carbocycles. The van der Waals surface area contributed by atoms with Gasteiger partial charge in [-0.3, -0.25) is 0 Å². The van der Waals surface area contributed by atoms with Gasteiger partial charge in [0.1, 0.15) is 0 Å². The molecule has 12 heavy (non-hydrogen) atoms. The molecule has 2 heterocycles. The second-order valence-corrected chi connectivity index (χ2v) is 5.87. The van der Waals surface area contributed by atoms with Gasteiger partial charge in [0.2, 0.25) is 0 Å². The molecule has 1 aromatic rings. The van der Waals surface area contributed by atoms with Gasteiger partial charge in [-0.1, -0.05) is 11.3 Å². The summed E-state index contributed by atoms with van der Waals surface area (Å²) in [6.07, 6.45) is 5.51. The van der Waals surface area contributed by atoms with Gasteiger partial charge in [-0.05, 0) is 31.0 Å². The van der Waals surface area contributed by atoms with E-state index in [1.54, 1.807) is 14.9 Å². The van der Waals surface area contributed by atoms with Crippen molar-refractivity contribution < 1.29 is 4.57 Å². The molecule has 1 nitrogen and oxygen atoms in total. The Labute approximate surface area is 80.8 Å². The molecule has 3 rings (SSSR count). The third kappa shape index (κ3) is 0.958. The van der Waals surface area contributed by atoms with Crippen LogP contribution in [0.4, 0.5) is 0 Å². The van der Waals surface area contributed by atoms with E-state index >= 15 is 0 Å². The molecule has 0 fully saturated rings. The van der Waals surface area contributed by atoms with Gasteiger partial charge in [0.15, 0.2) is 12.2 Å². The summed E-state index contributed by atoms with van der Waals surface area (Å²) in [6.45, 7) is 1.27. The van der Waals surface area contributed by atoms with Gasteiger partial charge >= 0.3 is 0 Å². The van der Waals surface area contributed by atoms with Crippen molar-refractivity contribution >= 4 is 23.1 Å². The van der Waals surface area contributed by atoms with Crippen LogP contribution >= 0.6 is 23.1 Å². The number of hydrogen-bond donors (Lipinski definition) is 0. The van der Waals surface area contributed by atoms with Gasteiger partial charge in [-0.15, -0.1) is 0 Å². The molecule has 1 aromatic heterocycles. The van der Waals surface area contributed by atoms with E-state index in [0.29, 0.717) is 0 Å². The first-order valence-corrected chi connectivity index (χ1v) is 6.42. The van der Waals surface area contributed by atoms with Crippen LogP contribution in [0, 0.1) is 0 Å². The van der Waals surface area contributed by atoms with Gasteiger partial charge < -0.3 is 0 Å². The maximum atomic E-state index is 2.56. The average molecular weight is 198 g/mol. The Bertz CT molecular complexity index is 317. The van der Waals surface area contributed by atoms with Gasteiger partial charge in [-0.25, -0.2) is 0 Å². The van der Waals surface area contributed by atoms with Gasteiger partial charge in [0.05, 0.1) is 10.6 Å². The van der Waals surface area contributed by atoms with Crippen molar-refractivity contribution in [3.63, 3.8) is 0 Å². The average Bonchev–Trinajstić information content (AvgIpc) is 2.62. The summed E-state index contributed by atoms with van der Waals surface area (Å²) in [6, 6.07) is 0. The van der Waals surface area contributed by atoms with Crippen molar-refractivity contribution in [3.05, 3.63) is 10.6 Å². The number of thiazole rings is 1. The standard InChI is InChI=1S/C9H12NS2/c1-2-4-8-7(3-1)10-5-6-11-9(10)12-8/h1-6H2/q+1. The highest BCUT2D eigenvalue weighted by atomic mass is 32.2. The molecule has 0 unspecified atom stereocenters. The van der Waals surface area contributed by atoms with E-state index in [0.717, 1.165) is 0 Å². The number of hydrogen-bond acceptors (Lipinski definition) is 2. The van der Waals surface area contributed by atoms with Crippen LogP contribution in [0.25, 0.3) is 0 Å². The van der Waals surface area contributed by atoms with E-state index in [1.165, 1.54) is 38.0 Å². The first-order chi connectivity index (χ1) is 5.95. The summed E-state index contributed by atoms with van der Waals surface area (Å²) in [5.74, 6) is 1.30. The fourth-order valence-electron chi connectivity index (χ4n) is 2.09. The summed E-state index contributed by atoms with van der Waals surface area (Å²) < 4.78 is 4.13. The molecular weight excluding hydrogens is 186 g/mol. The Balaban J connectivity index is 2.14. The smallest absolute Gasteiger partial charge is 0.179 e. The molecular formula is C9H12NS2+. The number of aromatic nitrogens is 1. The SMILES string of the molecule is C1CCc2c(sc3[n+]2CCS3)C1. The van der Waals surface area contributed by atoms with Crippen LogP contribution in [0.1, 0.15) is 23.4 Å². The highest BCUT2D eigenvalue weighted by molar-refractivity contribution is 8.01. The highest BCUT2D eigenvalue weighted by Crippen LogP contribution is 2.33. The Morgan fingerprint density at radius 2 is 2.08 bits per heavy atom. The number of nitrogens with zero attached hydrogens (tertiary/aromatic N) is 1. The number of fused-ring (bicyclic) bond motifs is 3. The lowest BCUT2D eigenvalue weighted by Gasteiger charge is -2.05. The summed E-state index contributed by atoms with van der Waals surface area (Å²) in [4.78, 5) is 1.68. The molecule has 0 atom stereocenters. The Morgan fingerprint density at radius 3 is 3.08 bits per heavy atom. The first-order valence-electron chi connectivity index (χ1n) is 4.62. The van der Waals surface area contributed by atoms with Crippen LogP contribution in [-0.4, -0.2) is 5.75 Å². The zero-order valence-corrected chi connectivity index (χ0v) is 8.64. The van der Waals surface area contributed by atoms with Crippen molar-refractivity contribution in [1.29, 1.82) is 0 Å². The summed E-state index contributed by atoms with van der Waals surface area (Å²) in [7, 11) is 0. The number of rotatable bonds is 0. The van der Waals surface area contributed by atoms with E-state index in [4.69, 9.17) is 0 Å². The third-order valence-corrected chi connectivity index (χ3v) is 5.23. The lowest BCUT2D eigenvalue weighted by Crippen LogP contribution is -2.36. The highest BCUT2D eigenvalue weighted by Gasteiger charge is 2.31. The third-order valence-electron chi connectivity index (χ3n) is 2.69. The maximum Gasteiger partial charge on any atom is 0.298 e. The van der Waals surface area contributed by atoms with Gasteiger partial charge in [0, 0.05) is 6.42 Å². The quantitative estimate of drug-likeness (QED) is 0.577. The van der Waals surface area contributed by atoms with Crippen LogP contribution in [0.15, 0.2) is 4.34 Å². The van der Waals surface area contributed by atoms with E-state index in [9.17, 15) is 0 Å². The van der Waals surface area contributed by atoms with Crippen LogP contribution in [0.3, 0.4) is 0 Å². The lowest BCUT2D eigenvalue weighted by molar-refractivity contribution is -0.724. The zero-order chi connectivity index (χ0) is 7.97. The van der Waals surface area contributed by atoms with Crippen molar-refractivity contribution in [2.45, 2.75) is 36.6 Å². The molecule has 0 saturated heterocycles. The van der Waals surface area contributed by atoms with Crippen LogP contribution in [0.5, 0.6) is 0 Å². The minimum atomic E-state index is 1.27. The molecule has 3 heteroatoms. The molecule has 1 aliphatic heterocycles. The lowest BCUT2D eigenvalue weighted by atomic mass is 10.0. The van der Waals surface area contributed by atoms with E-state index in [1.807, 2.05) is 11.8 Å². The predicted octanol–water partition coefficient (Wildman–Crippen LogP) is 2.02. The molecule has 0 amide bonds. The van der Waals surface area contributed by atoms with E-state index in [-0.39, 0.29) is 0 Å². The fourth-order valence-corrected chi connectivity index (χ4v) is 4.78. The van der Waals surface area contributed by atoms with Gasteiger partial charge in [0.25, 0.3) is 4.34 Å². The zero-order valence-electron chi connectivity index (χ0n) is 7.01. The molecule has 0 saturated carbocycles. The minimum Gasteiger partial charge on any atom is -0.179 e. The van der Waals surface area contributed by atoms with Crippen LogP contribution < -0.4 is 4.57 Å². The minimum absolute atomic E-state index is 1.27. The molecule has 0 N–H and O–H groups in total. The molecule has 2 aliphatic rings. The molecule has 0 radical (unpaired) electrons. The van der Waals surface area contributed by atoms with Crippen molar-refractivity contribution in [2.24, 2.45) is 0 Å². The van der Waals surface area contributed by atoms with Crippen LogP contribution in [-0.2, 0) is 19.4 Å². The monoisotopic (exact) mass is 198 g/mol. The second-order valence-electron chi connectivity index (χ2n) is 3.45. The Morgan fingerprint density at radius 1 is 1.17 bits per heavy atom. The number of aryl methyl sites for hydroxylation is 1. The van der Waals surface area contributed by atoms with Crippen molar-refractivity contribution in [2.75, 3.05) is 5.75 Å². The first kappa shape index (κ1) is 7.39. The van der Waals surface area contributed by atoms with Crippen LogP contribution in [0.2, 0.25) is 0 Å². The molecule has 0 bridgehead atoms. The fraction of sp³-hybridized carbons (Fsp3) is 0.667. The molecule has 1 aliphatic carbocycles. The normalized spacial score (nSPS) is 20.7.